The summed E-state index contributed by atoms with van der Waals surface area (Å²) in [7, 11) is 0. The monoisotopic (exact) mass is 256 g/mol. The molecule has 0 fully saturated rings. The van der Waals surface area contributed by atoms with Gasteiger partial charge in [0.15, 0.2) is 11.5 Å². The van der Waals surface area contributed by atoms with Gasteiger partial charge in [-0.25, -0.2) is 0 Å². The van der Waals surface area contributed by atoms with Crippen LogP contribution in [-0.4, -0.2) is 0 Å². The van der Waals surface area contributed by atoms with Gasteiger partial charge >= 0.3 is 0 Å². The molecule has 0 aliphatic carbocycles. The van der Waals surface area contributed by atoms with E-state index in [1.54, 1.807) is 0 Å². The summed E-state index contributed by atoms with van der Waals surface area (Å²) in [6.07, 6.45) is 0. The topological polar surface area (TPSA) is 40.2 Å². The predicted octanol–water partition coefficient (Wildman–Crippen LogP) is 3.74. The Labute approximate surface area is 110 Å². The van der Waals surface area contributed by atoms with Crippen molar-refractivity contribution in [1.82, 2.24) is 0 Å². The molecule has 0 radical (unpaired) electrons. The Kier molecular flexibility index (Phi) is 1.93. The Balaban J connectivity index is 1.94. The van der Waals surface area contributed by atoms with Crippen molar-refractivity contribution in [3.63, 3.8) is 0 Å². The fraction of sp³-hybridized carbons (Fsp3) is 0.200. The zero-order valence-electron chi connectivity index (χ0n) is 10.6. The molecule has 0 saturated heterocycles. The van der Waals surface area contributed by atoms with Crippen LogP contribution in [0.4, 0.5) is 0 Å². The molecular formula is C15H12O4. The van der Waals surface area contributed by atoms with Crippen LogP contribution in [0.25, 0.3) is 0 Å². The van der Waals surface area contributed by atoms with Crippen molar-refractivity contribution in [3.05, 3.63) is 47.5 Å². The van der Waals surface area contributed by atoms with Gasteiger partial charge in [0.1, 0.15) is 0 Å². The third-order valence-corrected chi connectivity index (χ3v) is 3.74. The zero-order chi connectivity index (χ0) is 13.0. The van der Waals surface area contributed by atoms with E-state index in [0.29, 0.717) is 11.5 Å². The normalized spacial score (nSPS) is 17.4. The van der Waals surface area contributed by atoms with Crippen LogP contribution in [0.1, 0.15) is 25.0 Å². The van der Waals surface area contributed by atoms with E-state index in [1.807, 2.05) is 36.4 Å². The molecule has 0 amide bonds. The first kappa shape index (κ1) is 10.7. The lowest BCUT2D eigenvalue weighted by molar-refractivity contribution is -0.411. The highest BCUT2D eigenvalue weighted by molar-refractivity contribution is 5.69. The predicted molar refractivity (Wildman–Crippen MR) is 67.4 cm³/mol. The lowest BCUT2D eigenvalue weighted by atomic mass is 9.78. The largest absolute Gasteiger partial charge is 0.445 e. The lowest BCUT2D eigenvalue weighted by Crippen LogP contribution is -2.18. The Morgan fingerprint density at radius 2 is 1.63 bits per heavy atom. The van der Waals surface area contributed by atoms with E-state index in [2.05, 4.69) is 13.8 Å². The average molecular weight is 256 g/mol. The molecule has 0 saturated carbocycles. The number of hydrogen-bond donors (Lipinski definition) is 0. The SMILES string of the molecule is CC1(C)c2ccc(cc2)OOOc2ccc1c1c2O1. The number of benzene rings is 2. The summed E-state index contributed by atoms with van der Waals surface area (Å²) < 4.78 is 5.53. The lowest BCUT2D eigenvalue weighted by Gasteiger charge is -2.25. The number of hydrogen-bond acceptors (Lipinski definition) is 4. The van der Waals surface area contributed by atoms with E-state index in [1.165, 1.54) is 5.56 Å². The number of rotatable bonds is 0. The molecule has 0 aromatic heterocycles. The molecule has 5 aliphatic heterocycles. The van der Waals surface area contributed by atoms with E-state index in [-0.39, 0.29) is 5.41 Å². The third kappa shape index (κ3) is 1.50. The molecule has 0 unspecified atom stereocenters. The Morgan fingerprint density at radius 3 is 2.42 bits per heavy atom. The standard InChI is InChI=1S/C15H12O4/c1-15(2)9-3-5-10(6-4-9)17-19-18-12-8-7-11(15)13-14(12)16-13/h3-8H,1-2H3. The van der Waals surface area contributed by atoms with E-state index in [4.69, 9.17) is 19.6 Å². The van der Waals surface area contributed by atoms with Gasteiger partial charge in [-0.2, -0.15) is 0 Å². The van der Waals surface area contributed by atoms with Gasteiger partial charge < -0.3 is 4.74 Å². The summed E-state index contributed by atoms with van der Waals surface area (Å²) in [6, 6.07) is 11.6. The molecule has 0 atom stereocenters. The summed E-state index contributed by atoms with van der Waals surface area (Å²) in [5.74, 6) is 2.72. The van der Waals surface area contributed by atoms with Crippen molar-refractivity contribution < 1.29 is 19.6 Å². The third-order valence-electron chi connectivity index (χ3n) is 3.74. The molecule has 0 N–H and O–H groups in total. The molecule has 5 heterocycles. The first-order valence-corrected chi connectivity index (χ1v) is 6.13. The minimum Gasteiger partial charge on any atom is -0.445 e. The first-order valence-electron chi connectivity index (χ1n) is 6.13. The van der Waals surface area contributed by atoms with E-state index >= 15 is 0 Å². The molecule has 0 spiro atoms. The minimum atomic E-state index is -0.141. The highest BCUT2D eigenvalue weighted by Gasteiger charge is 2.38. The van der Waals surface area contributed by atoms with Gasteiger partial charge in [0.25, 0.3) is 0 Å². The molecular weight excluding hydrogens is 244 g/mol. The van der Waals surface area contributed by atoms with Crippen molar-refractivity contribution in [2.24, 2.45) is 0 Å². The summed E-state index contributed by atoms with van der Waals surface area (Å²) in [6.45, 7) is 4.34. The summed E-state index contributed by atoms with van der Waals surface area (Å²) in [4.78, 5) is 10.1. The van der Waals surface area contributed by atoms with Crippen LogP contribution in [0.2, 0.25) is 0 Å². The van der Waals surface area contributed by atoms with Crippen LogP contribution in [0.3, 0.4) is 0 Å². The van der Waals surface area contributed by atoms with Crippen molar-refractivity contribution in [2.45, 2.75) is 19.3 Å². The van der Waals surface area contributed by atoms with Gasteiger partial charge in [0.05, 0.1) is 0 Å². The molecule has 7 rings (SSSR count). The second-order valence-corrected chi connectivity index (χ2v) is 5.26. The van der Waals surface area contributed by atoms with Crippen molar-refractivity contribution >= 4 is 0 Å². The number of ether oxygens (including phenoxy) is 1. The average Bonchev–Trinajstić information content (AvgIpc) is 3.18. The fourth-order valence-electron chi connectivity index (χ4n) is 2.46. The van der Waals surface area contributed by atoms with E-state index in [0.717, 1.165) is 17.1 Å². The molecule has 2 aromatic carbocycles. The van der Waals surface area contributed by atoms with E-state index in [9.17, 15) is 0 Å². The van der Waals surface area contributed by atoms with Crippen LogP contribution in [-0.2, 0) is 10.5 Å². The van der Waals surface area contributed by atoms with Gasteiger partial charge in [0, 0.05) is 16.0 Å². The van der Waals surface area contributed by atoms with Crippen molar-refractivity contribution in [1.29, 1.82) is 0 Å². The maximum Gasteiger partial charge on any atom is 0.216 e. The quantitative estimate of drug-likeness (QED) is 0.454. The molecule has 4 heteroatoms. The Bertz CT molecular complexity index is 659. The van der Waals surface area contributed by atoms with Crippen LogP contribution in [0.5, 0.6) is 23.0 Å². The second-order valence-electron chi connectivity index (χ2n) is 5.26. The summed E-state index contributed by atoms with van der Waals surface area (Å²) in [5, 5.41) is 4.75. The fourth-order valence-corrected chi connectivity index (χ4v) is 2.46. The first-order chi connectivity index (χ1) is 9.16. The Morgan fingerprint density at radius 1 is 0.842 bits per heavy atom. The maximum atomic E-state index is 5.53. The summed E-state index contributed by atoms with van der Waals surface area (Å²) in [5.41, 5.74) is 2.19. The maximum absolute atomic E-state index is 5.53. The minimum absolute atomic E-state index is 0.141. The molecule has 2 aromatic rings. The van der Waals surface area contributed by atoms with Gasteiger partial charge in [-0.15, -0.1) is 0 Å². The second kappa shape index (κ2) is 3.42. The highest BCUT2D eigenvalue weighted by atomic mass is 17.5. The van der Waals surface area contributed by atoms with Crippen LogP contribution < -0.4 is 14.5 Å². The molecule has 5 aliphatic rings. The zero-order valence-corrected chi connectivity index (χ0v) is 10.6. The molecule has 4 bridgehead atoms. The molecule has 4 nitrogen and oxygen atoms in total. The molecule has 96 valence electrons. The van der Waals surface area contributed by atoms with Crippen LogP contribution >= 0.6 is 0 Å². The van der Waals surface area contributed by atoms with Crippen LogP contribution in [0, 0.1) is 0 Å². The van der Waals surface area contributed by atoms with Crippen LogP contribution in [0.15, 0.2) is 36.4 Å². The van der Waals surface area contributed by atoms with Gasteiger partial charge in [-0.3, -0.25) is 9.78 Å². The smallest absolute Gasteiger partial charge is 0.216 e. The van der Waals surface area contributed by atoms with Gasteiger partial charge in [0.2, 0.25) is 11.5 Å². The van der Waals surface area contributed by atoms with Gasteiger partial charge in [-0.05, 0) is 23.8 Å². The highest BCUT2D eigenvalue weighted by Crippen LogP contribution is 2.58. The summed E-state index contributed by atoms with van der Waals surface area (Å²) >= 11 is 0. The Hall–Kier alpha value is -2.20. The van der Waals surface area contributed by atoms with Crippen molar-refractivity contribution in [2.75, 3.05) is 0 Å². The van der Waals surface area contributed by atoms with E-state index < -0.39 is 0 Å². The molecule has 19 heavy (non-hydrogen) atoms. The van der Waals surface area contributed by atoms with Crippen molar-refractivity contribution in [3.8, 4) is 23.0 Å². The van der Waals surface area contributed by atoms with Gasteiger partial charge in [-0.1, -0.05) is 32.0 Å².